The van der Waals surface area contributed by atoms with Crippen LogP contribution in [0.15, 0.2) is 29.3 Å². The van der Waals surface area contributed by atoms with Gasteiger partial charge in [0.2, 0.25) is 0 Å². The van der Waals surface area contributed by atoms with Crippen molar-refractivity contribution in [2.24, 2.45) is 16.6 Å². The first-order chi connectivity index (χ1) is 9.63. The lowest BCUT2D eigenvalue weighted by Gasteiger charge is -2.25. The van der Waals surface area contributed by atoms with Gasteiger partial charge in [0.15, 0.2) is 5.96 Å². The normalized spacial score (nSPS) is 16.2. The number of nitrogens with two attached hydrogens (primary N) is 1. The summed E-state index contributed by atoms with van der Waals surface area (Å²) in [6.45, 7) is 2.58. The monoisotopic (exact) mass is 274 g/mol. The largest absolute Gasteiger partial charge is 0.370 e. The molecule has 4 nitrogen and oxygen atoms in total. The fourth-order valence-corrected chi connectivity index (χ4v) is 2.29. The minimum absolute atomic E-state index is 0.564. The lowest BCUT2D eigenvalue weighted by molar-refractivity contribution is 0.315. The Hall–Kier alpha value is -1.55. The summed E-state index contributed by atoms with van der Waals surface area (Å²) >= 11 is 0. The number of hydrogen-bond acceptors (Lipinski definition) is 2. The van der Waals surface area contributed by atoms with E-state index in [9.17, 15) is 0 Å². The molecule has 0 aliphatic heterocycles. The SMILES string of the molecule is CN(C)Cc1ccc(CN=C(N)NCC2CCC2)cc1. The van der Waals surface area contributed by atoms with Gasteiger partial charge < -0.3 is 16.0 Å². The number of nitrogens with one attached hydrogen (secondary N) is 1. The van der Waals surface area contributed by atoms with Crippen molar-refractivity contribution in [3.05, 3.63) is 35.4 Å². The van der Waals surface area contributed by atoms with Gasteiger partial charge in [0.05, 0.1) is 6.54 Å². The van der Waals surface area contributed by atoms with Crippen LogP contribution in [0.3, 0.4) is 0 Å². The Bertz CT molecular complexity index is 432. The van der Waals surface area contributed by atoms with Crippen molar-refractivity contribution < 1.29 is 0 Å². The van der Waals surface area contributed by atoms with Crippen LogP contribution in [0, 0.1) is 5.92 Å². The number of hydrogen-bond donors (Lipinski definition) is 2. The van der Waals surface area contributed by atoms with Crippen molar-refractivity contribution in [1.29, 1.82) is 0 Å². The highest BCUT2D eigenvalue weighted by molar-refractivity contribution is 5.77. The third-order valence-corrected chi connectivity index (χ3v) is 3.75. The molecule has 110 valence electrons. The molecule has 4 heteroatoms. The van der Waals surface area contributed by atoms with Crippen molar-refractivity contribution in [2.75, 3.05) is 20.6 Å². The Balaban J connectivity index is 1.76. The fraction of sp³-hybridized carbons (Fsp3) is 0.562. The second-order valence-corrected chi connectivity index (χ2v) is 5.93. The first kappa shape index (κ1) is 14.9. The maximum absolute atomic E-state index is 5.88. The summed E-state index contributed by atoms with van der Waals surface area (Å²) in [7, 11) is 4.15. The average Bonchev–Trinajstić information content (AvgIpc) is 2.35. The van der Waals surface area contributed by atoms with E-state index in [2.05, 4.69) is 53.6 Å². The average molecular weight is 274 g/mol. The molecule has 1 aliphatic carbocycles. The first-order valence-electron chi connectivity index (χ1n) is 7.40. The van der Waals surface area contributed by atoms with Crippen LogP contribution in [0.5, 0.6) is 0 Å². The maximum Gasteiger partial charge on any atom is 0.188 e. The van der Waals surface area contributed by atoms with Gasteiger partial charge in [0.25, 0.3) is 0 Å². The third-order valence-electron chi connectivity index (χ3n) is 3.75. The van der Waals surface area contributed by atoms with Crippen molar-refractivity contribution >= 4 is 5.96 Å². The zero-order chi connectivity index (χ0) is 14.4. The number of benzene rings is 1. The van der Waals surface area contributed by atoms with E-state index >= 15 is 0 Å². The van der Waals surface area contributed by atoms with Crippen LogP contribution in [0.1, 0.15) is 30.4 Å². The standard InChI is InChI=1S/C16H26N4/c1-20(2)12-15-8-6-14(7-9-15)11-19-16(17)18-10-13-4-3-5-13/h6-9,13H,3-5,10-12H2,1-2H3,(H3,17,18,19). The Morgan fingerprint density at radius 2 is 1.90 bits per heavy atom. The molecule has 0 radical (unpaired) electrons. The van der Waals surface area contributed by atoms with E-state index in [4.69, 9.17) is 5.73 Å². The van der Waals surface area contributed by atoms with Crippen LogP contribution in [-0.2, 0) is 13.1 Å². The van der Waals surface area contributed by atoms with Crippen molar-refractivity contribution in [3.8, 4) is 0 Å². The van der Waals surface area contributed by atoms with Crippen LogP contribution in [0.2, 0.25) is 0 Å². The lowest BCUT2D eigenvalue weighted by atomic mass is 9.85. The molecule has 0 saturated heterocycles. The van der Waals surface area contributed by atoms with Gasteiger partial charge >= 0.3 is 0 Å². The molecular formula is C16H26N4. The van der Waals surface area contributed by atoms with Crippen LogP contribution >= 0.6 is 0 Å². The van der Waals surface area contributed by atoms with Crippen LogP contribution in [0.25, 0.3) is 0 Å². The molecule has 20 heavy (non-hydrogen) atoms. The Labute approximate surface area is 122 Å². The minimum atomic E-state index is 0.564. The molecule has 1 aromatic carbocycles. The Kier molecular flexibility index (Phi) is 5.41. The van der Waals surface area contributed by atoms with E-state index in [1.165, 1.54) is 30.4 Å². The van der Waals surface area contributed by atoms with Crippen LogP contribution in [-0.4, -0.2) is 31.5 Å². The number of nitrogens with zero attached hydrogens (tertiary/aromatic N) is 2. The molecule has 1 fully saturated rings. The quantitative estimate of drug-likeness (QED) is 0.616. The second kappa shape index (κ2) is 7.29. The summed E-state index contributed by atoms with van der Waals surface area (Å²) in [5.41, 5.74) is 8.39. The highest BCUT2D eigenvalue weighted by Gasteiger charge is 2.16. The molecule has 0 atom stereocenters. The van der Waals surface area contributed by atoms with E-state index in [1.807, 2.05) is 0 Å². The van der Waals surface area contributed by atoms with Gasteiger partial charge in [0.1, 0.15) is 0 Å². The number of aliphatic imine (C=N–C) groups is 1. The van der Waals surface area contributed by atoms with Crippen molar-refractivity contribution in [1.82, 2.24) is 10.2 Å². The molecule has 0 unspecified atom stereocenters. The lowest BCUT2D eigenvalue weighted by Crippen LogP contribution is -2.37. The van der Waals surface area contributed by atoms with Gasteiger partial charge in [-0.15, -0.1) is 0 Å². The summed E-state index contributed by atoms with van der Waals surface area (Å²) in [5, 5.41) is 3.21. The predicted octanol–water partition coefficient (Wildman–Crippen LogP) is 1.95. The number of guanidine groups is 1. The van der Waals surface area contributed by atoms with Gasteiger partial charge in [-0.05, 0) is 44.0 Å². The summed E-state index contributed by atoms with van der Waals surface area (Å²) in [4.78, 5) is 6.55. The van der Waals surface area contributed by atoms with E-state index < -0.39 is 0 Å². The van der Waals surface area contributed by atoms with Gasteiger partial charge in [-0.1, -0.05) is 30.7 Å². The van der Waals surface area contributed by atoms with Gasteiger partial charge in [-0.25, -0.2) is 4.99 Å². The van der Waals surface area contributed by atoms with E-state index in [0.29, 0.717) is 12.5 Å². The summed E-state index contributed by atoms with van der Waals surface area (Å²) in [5.74, 6) is 1.36. The summed E-state index contributed by atoms with van der Waals surface area (Å²) in [6, 6.07) is 8.56. The summed E-state index contributed by atoms with van der Waals surface area (Å²) < 4.78 is 0. The van der Waals surface area contributed by atoms with E-state index in [1.54, 1.807) is 0 Å². The molecule has 1 aliphatic rings. The topological polar surface area (TPSA) is 53.6 Å². The fourth-order valence-electron chi connectivity index (χ4n) is 2.29. The van der Waals surface area contributed by atoms with Crippen LogP contribution in [0.4, 0.5) is 0 Å². The Morgan fingerprint density at radius 3 is 2.45 bits per heavy atom. The molecule has 0 heterocycles. The smallest absolute Gasteiger partial charge is 0.188 e. The molecule has 2 rings (SSSR count). The zero-order valence-corrected chi connectivity index (χ0v) is 12.6. The second-order valence-electron chi connectivity index (χ2n) is 5.93. The summed E-state index contributed by atoms with van der Waals surface area (Å²) in [6.07, 6.45) is 4.02. The van der Waals surface area contributed by atoms with E-state index in [-0.39, 0.29) is 0 Å². The number of rotatable bonds is 6. The van der Waals surface area contributed by atoms with Gasteiger partial charge in [0, 0.05) is 13.1 Å². The molecule has 1 aromatic rings. The zero-order valence-electron chi connectivity index (χ0n) is 12.6. The molecule has 3 N–H and O–H groups in total. The molecule has 0 bridgehead atoms. The Morgan fingerprint density at radius 1 is 1.25 bits per heavy atom. The predicted molar refractivity (Wildman–Crippen MR) is 84.5 cm³/mol. The first-order valence-corrected chi connectivity index (χ1v) is 7.40. The van der Waals surface area contributed by atoms with Gasteiger partial charge in [-0.3, -0.25) is 0 Å². The molecule has 0 amide bonds. The minimum Gasteiger partial charge on any atom is -0.370 e. The third kappa shape index (κ3) is 4.85. The maximum atomic E-state index is 5.88. The van der Waals surface area contributed by atoms with Crippen molar-refractivity contribution in [2.45, 2.75) is 32.4 Å². The molecule has 1 saturated carbocycles. The molecular weight excluding hydrogens is 248 g/mol. The van der Waals surface area contributed by atoms with Gasteiger partial charge in [-0.2, -0.15) is 0 Å². The van der Waals surface area contributed by atoms with Crippen molar-refractivity contribution in [3.63, 3.8) is 0 Å². The van der Waals surface area contributed by atoms with E-state index in [0.717, 1.165) is 19.0 Å². The van der Waals surface area contributed by atoms with Crippen LogP contribution < -0.4 is 11.1 Å². The molecule has 0 spiro atoms. The molecule has 0 aromatic heterocycles. The highest BCUT2D eigenvalue weighted by atomic mass is 15.1. The highest BCUT2D eigenvalue weighted by Crippen LogP contribution is 2.24.